The number of hydrogen-bond donors (Lipinski definition) is 1. The molecule has 0 spiro atoms. The van der Waals surface area contributed by atoms with Crippen molar-refractivity contribution in [3.8, 4) is 0 Å². The Hall–Kier alpha value is -2.41. The number of sulfonamides is 1. The third-order valence-electron chi connectivity index (χ3n) is 5.28. The molecule has 5 nitrogen and oxygen atoms in total. The molecular formula is C21H22FNO4S. The number of aryl methyl sites for hydroxylation is 2. The Labute approximate surface area is 163 Å². The van der Waals surface area contributed by atoms with E-state index < -0.39 is 15.8 Å². The van der Waals surface area contributed by atoms with Crippen molar-refractivity contribution in [2.24, 2.45) is 5.41 Å². The molecular weight excluding hydrogens is 381 g/mol. The fourth-order valence-electron chi connectivity index (χ4n) is 4.05. The first kappa shape index (κ1) is 18.9. The van der Waals surface area contributed by atoms with Gasteiger partial charge in [0.2, 0.25) is 0 Å². The third kappa shape index (κ3) is 3.28. The quantitative estimate of drug-likeness (QED) is 0.835. The minimum atomic E-state index is -3.85. The van der Waals surface area contributed by atoms with E-state index in [1.54, 1.807) is 13.0 Å². The van der Waals surface area contributed by atoms with Gasteiger partial charge >= 0.3 is 0 Å². The molecule has 0 fully saturated rings. The standard InChI is InChI=1S/C21H22FNO4S/c1-12-8-13(22)4-7-19(12)28(25,26)23-14-5-6-17-15(9-14)20-16(24)10-21(2,3)11-18(20)27-17/h4,7-9,23H,5-6,10-11H2,1-3H3. The van der Waals surface area contributed by atoms with Gasteiger partial charge in [-0.25, -0.2) is 12.8 Å². The van der Waals surface area contributed by atoms with Gasteiger partial charge in [0.15, 0.2) is 5.78 Å². The van der Waals surface area contributed by atoms with E-state index in [0.29, 0.717) is 53.8 Å². The lowest BCUT2D eigenvalue weighted by molar-refractivity contribution is 0.0903. The maximum atomic E-state index is 13.3. The summed E-state index contributed by atoms with van der Waals surface area (Å²) >= 11 is 0. The van der Waals surface area contributed by atoms with Gasteiger partial charge in [-0.05, 0) is 48.6 Å². The van der Waals surface area contributed by atoms with E-state index in [4.69, 9.17) is 4.42 Å². The highest BCUT2D eigenvalue weighted by atomic mass is 32.2. The molecule has 1 heterocycles. The third-order valence-corrected chi connectivity index (χ3v) is 6.85. The zero-order chi connectivity index (χ0) is 20.3. The van der Waals surface area contributed by atoms with Crippen LogP contribution < -0.4 is 4.72 Å². The average molecular weight is 403 g/mol. The zero-order valence-corrected chi connectivity index (χ0v) is 16.9. The molecule has 0 aliphatic heterocycles. The summed E-state index contributed by atoms with van der Waals surface area (Å²) in [6.07, 6.45) is 3.80. The fourth-order valence-corrected chi connectivity index (χ4v) is 5.40. The normalized spacial score (nSPS) is 18.3. The predicted molar refractivity (Wildman–Crippen MR) is 103 cm³/mol. The van der Waals surface area contributed by atoms with Crippen LogP contribution in [0.1, 0.15) is 59.7 Å². The molecule has 0 bridgehead atoms. The summed E-state index contributed by atoms with van der Waals surface area (Å²) in [6, 6.07) is 3.57. The topological polar surface area (TPSA) is 76.4 Å². The molecule has 28 heavy (non-hydrogen) atoms. The number of hydrogen-bond acceptors (Lipinski definition) is 4. The molecule has 0 saturated carbocycles. The summed E-state index contributed by atoms with van der Waals surface area (Å²) < 4.78 is 47.4. The minimum Gasteiger partial charge on any atom is -0.465 e. The van der Waals surface area contributed by atoms with E-state index in [1.807, 2.05) is 13.8 Å². The highest BCUT2D eigenvalue weighted by molar-refractivity contribution is 7.89. The number of carbonyl (C=O) groups excluding carboxylic acids is 1. The lowest BCUT2D eigenvalue weighted by Gasteiger charge is -2.27. The maximum absolute atomic E-state index is 13.3. The Bertz CT molecular complexity index is 1130. The van der Waals surface area contributed by atoms with Crippen molar-refractivity contribution in [2.75, 3.05) is 0 Å². The number of benzene rings is 1. The number of halogens is 1. The molecule has 2 aromatic rings. The van der Waals surface area contributed by atoms with Gasteiger partial charge in [-0.3, -0.25) is 9.52 Å². The van der Waals surface area contributed by atoms with Crippen LogP contribution in [0.4, 0.5) is 4.39 Å². The summed E-state index contributed by atoms with van der Waals surface area (Å²) in [7, 11) is -3.85. The van der Waals surface area contributed by atoms with Crippen molar-refractivity contribution in [2.45, 2.75) is 51.3 Å². The predicted octanol–water partition coefficient (Wildman–Crippen LogP) is 4.15. The molecule has 148 valence electrons. The first-order chi connectivity index (χ1) is 13.1. The SMILES string of the molecule is Cc1cc(F)ccc1S(=O)(=O)NC1=Cc2c(oc3c2C(=O)CC(C)(C)C3)CC1. The van der Waals surface area contributed by atoms with Gasteiger partial charge in [0, 0.05) is 30.5 Å². The van der Waals surface area contributed by atoms with Crippen molar-refractivity contribution in [1.82, 2.24) is 4.72 Å². The number of furan rings is 1. The fraction of sp³-hybridized carbons (Fsp3) is 0.381. The first-order valence-electron chi connectivity index (χ1n) is 9.23. The second kappa shape index (κ2) is 6.30. The van der Waals surface area contributed by atoms with Crippen LogP contribution >= 0.6 is 0 Å². The molecule has 1 aromatic heterocycles. The van der Waals surface area contributed by atoms with Crippen LogP contribution in [0.5, 0.6) is 0 Å². The van der Waals surface area contributed by atoms with Crippen LogP contribution in [0.2, 0.25) is 0 Å². The second-order valence-electron chi connectivity index (χ2n) is 8.36. The lowest BCUT2D eigenvalue weighted by atomic mass is 9.75. The highest BCUT2D eigenvalue weighted by Gasteiger charge is 2.37. The molecule has 2 aliphatic rings. The van der Waals surface area contributed by atoms with Gasteiger partial charge in [0.1, 0.15) is 17.3 Å². The lowest BCUT2D eigenvalue weighted by Crippen LogP contribution is -2.27. The van der Waals surface area contributed by atoms with E-state index in [0.717, 1.165) is 11.8 Å². The van der Waals surface area contributed by atoms with E-state index in [1.165, 1.54) is 12.1 Å². The zero-order valence-electron chi connectivity index (χ0n) is 16.1. The van der Waals surface area contributed by atoms with Gasteiger partial charge < -0.3 is 4.42 Å². The van der Waals surface area contributed by atoms with E-state index >= 15 is 0 Å². The van der Waals surface area contributed by atoms with Crippen LogP contribution in [0.3, 0.4) is 0 Å². The van der Waals surface area contributed by atoms with Gasteiger partial charge in [-0.15, -0.1) is 0 Å². The van der Waals surface area contributed by atoms with Gasteiger partial charge in [-0.1, -0.05) is 13.8 Å². The summed E-state index contributed by atoms with van der Waals surface area (Å²) in [5, 5.41) is 0. The van der Waals surface area contributed by atoms with Crippen molar-refractivity contribution < 1.29 is 22.0 Å². The maximum Gasteiger partial charge on any atom is 0.261 e. The van der Waals surface area contributed by atoms with Crippen molar-refractivity contribution >= 4 is 21.9 Å². The molecule has 1 aromatic carbocycles. The van der Waals surface area contributed by atoms with Crippen LogP contribution in [0.25, 0.3) is 6.08 Å². The number of carbonyl (C=O) groups is 1. The summed E-state index contributed by atoms with van der Waals surface area (Å²) in [4.78, 5) is 12.7. The summed E-state index contributed by atoms with van der Waals surface area (Å²) in [5.74, 6) is 0.980. The minimum absolute atomic E-state index is 0.0333. The molecule has 0 unspecified atom stereocenters. The van der Waals surface area contributed by atoms with Gasteiger partial charge in [0.25, 0.3) is 10.0 Å². The molecule has 0 saturated heterocycles. The van der Waals surface area contributed by atoms with Gasteiger partial charge in [-0.2, -0.15) is 0 Å². The number of ketones is 1. The molecule has 0 amide bonds. The van der Waals surface area contributed by atoms with Gasteiger partial charge in [0.05, 0.1) is 10.5 Å². The Morgan fingerprint density at radius 3 is 2.61 bits per heavy atom. The van der Waals surface area contributed by atoms with Crippen molar-refractivity contribution in [1.29, 1.82) is 0 Å². The Kier molecular flexibility index (Phi) is 4.26. The number of nitrogens with one attached hydrogen (secondary N) is 1. The average Bonchev–Trinajstić information content (AvgIpc) is 2.90. The smallest absolute Gasteiger partial charge is 0.261 e. The summed E-state index contributed by atoms with van der Waals surface area (Å²) in [5.41, 5.74) is 1.97. The number of rotatable bonds is 3. The van der Waals surface area contributed by atoms with E-state index in [-0.39, 0.29) is 16.1 Å². The molecule has 4 rings (SSSR count). The molecule has 0 atom stereocenters. The van der Waals surface area contributed by atoms with Crippen LogP contribution in [0.15, 0.2) is 33.2 Å². The van der Waals surface area contributed by atoms with Crippen LogP contribution in [-0.4, -0.2) is 14.2 Å². The van der Waals surface area contributed by atoms with E-state index in [9.17, 15) is 17.6 Å². The molecule has 1 N–H and O–H groups in total. The molecule has 2 aliphatic carbocycles. The molecule has 7 heteroatoms. The summed E-state index contributed by atoms with van der Waals surface area (Å²) in [6.45, 7) is 5.63. The monoisotopic (exact) mass is 403 g/mol. The van der Waals surface area contributed by atoms with E-state index in [2.05, 4.69) is 4.72 Å². The Morgan fingerprint density at radius 2 is 1.89 bits per heavy atom. The van der Waals surface area contributed by atoms with Crippen LogP contribution in [0, 0.1) is 18.2 Å². The van der Waals surface area contributed by atoms with Crippen molar-refractivity contribution in [3.05, 3.63) is 57.9 Å². The number of Topliss-reactive ketones (excluding diaryl/α,β-unsaturated/α-hetero) is 1. The number of allylic oxidation sites excluding steroid dienone is 1. The Balaban J connectivity index is 1.69. The highest BCUT2D eigenvalue weighted by Crippen LogP contribution is 2.41. The second-order valence-corrected chi connectivity index (χ2v) is 10.0. The Morgan fingerprint density at radius 1 is 1.14 bits per heavy atom. The van der Waals surface area contributed by atoms with Crippen LogP contribution in [-0.2, 0) is 22.9 Å². The van der Waals surface area contributed by atoms with Crippen molar-refractivity contribution in [3.63, 3.8) is 0 Å². The largest absolute Gasteiger partial charge is 0.465 e. The molecule has 0 radical (unpaired) electrons. The first-order valence-corrected chi connectivity index (χ1v) is 10.7. The number of fused-ring (bicyclic) bond motifs is 3.